The second-order valence-electron chi connectivity index (χ2n) is 6.11. The highest BCUT2D eigenvalue weighted by molar-refractivity contribution is 5.48. The molecule has 0 bridgehead atoms. The number of hydrogen-bond donors (Lipinski definition) is 1. The number of anilines is 1. The summed E-state index contributed by atoms with van der Waals surface area (Å²) >= 11 is 0. The van der Waals surface area contributed by atoms with Crippen molar-refractivity contribution in [1.29, 1.82) is 0 Å². The first-order valence-electron chi connectivity index (χ1n) is 7.29. The van der Waals surface area contributed by atoms with Crippen LogP contribution >= 0.6 is 0 Å². The van der Waals surface area contributed by atoms with Crippen LogP contribution in [-0.4, -0.2) is 51.2 Å². The molecule has 1 heterocycles. The van der Waals surface area contributed by atoms with Crippen molar-refractivity contribution < 1.29 is 0 Å². The summed E-state index contributed by atoms with van der Waals surface area (Å²) in [6.07, 6.45) is 0. The second-order valence-corrected chi connectivity index (χ2v) is 6.11. The maximum atomic E-state index is 3.60. The van der Waals surface area contributed by atoms with Gasteiger partial charge in [0, 0.05) is 37.9 Å². The molecule has 1 aliphatic heterocycles. The van der Waals surface area contributed by atoms with Crippen LogP contribution in [0.2, 0.25) is 0 Å². The lowest BCUT2D eigenvalue weighted by molar-refractivity contribution is 0.323. The van der Waals surface area contributed by atoms with Crippen LogP contribution in [-0.2, 0) is 0 Å². The van der Waals surface area contributed by atoms with Crippen molar-refractivity contribution in [3.05, 3.63) is 29.8 Å². The first kappa shape index (κ1) is 14.4. The molecule has 1 fully saturated rings. The van der Waals surface area contributed by atoms with Gasteiger partial charge in [0.15, 0.2) is 0 Å². The molecule has 0 spiro atoms. The van der Waals surface area contributed by atoms with Gasteiger partial charge in [-0.05, 0) is 37.7 Å². The lowest BCUT2D eigenvalue weighted by Crippen LogP contribution is -2.54. The minimum Gasteiger partial charge on any atom is -0.369 e. The number of hydrogen-bond acceptors (Lipinski definition) is 3. The van der Waals surface area contributed by atoms with Crippen molar-refractivity contribution in [2.24, 2.45) is 0 Å². The Hall–Kier alpha value is -1.06. The first-order chi connectivity index (χ1) is 9.06. The molecule has 1 N–H and O–H groups in total. The molecule has 19 heavy (non-hydrogen) atoms. The molecule has 3 nitrogen and oxygen atoms in total. The average Bonchev–Trinajstić information content (AvgIpc) is 2.38. The number of rotatable bonds is 4. The van der Waals surface area contributed by atoms with Gasteiger partial charge in [-0.25, -0.2) is 0 Å². The summed E-state index contributed by atoms with van der Waals surface area (Å²) in [5, 5.41) is 3.60. The Labute approximate surface area is 117 Å². The van der Waals surface area contributed by atoms with Crippen molar-refractivity contribution in [2.45, 2.75) is 25.8 Å². The smallest absolute Gasteiger partial charge is 0.0371 e. The Morgan fingerprint density at radius 3 is 2.53 bits per heavy atom. The van der Waals surface area contributed by atoms with Gasteiger partial charge >= 0.3 is 0 Å². The van der Waals surface area contributed by atoms with E-state index in [0.717, 1.165) is 26.2 Å². The molecule has 0 radical (unpaired) electrons. The topological polar surface area (TPSA) is 18.5 Å². The first-order valence-corrected chi connectivity index (χ1v) is 7.29. The Bertz CT molecular complexity index is 383. The van der Waals surface area contributed by atoms with Gasteiger partial charge in [-0.3, -0.25) is 0 Å². The minimum atomic E-state index is 0.563. The third-order valence-electron chi connectivity index (χ3n) is 3.77. The van der Waals surface area contributed by atoms with Crippen LogP contribution in [0, 0.1) is 0 Å². The average molecular weight is 261 g/mol. The zero-order valence-electron chi connectivity index (χ0n) is 12.7. The fourth-order valence-corrected chi connectivity index (χ4v) is 2.69. The van der Waals surface area contributed by atoms with Crippen molar-refractivity contribution in [3.63, 3.8) is 0 Å². The number of nitrogens with zero attached hydrogens (tertiary/aromatic N) is 2. The zero-order valence-corrected chi connectivity index (χ0v) is 12.7. The van der Waals surface area contributed by atoms with E-state index < -0.39 is 0 Å². The summed E-state index contributed by atoms with van der Waals surface area (Å²) in [6, 6.07) is 9.64. The van der Waals surface area contributed by atoms with Gasteiger partial charge in [0.1, 0.15) is 0 Å². The summed E-state index contributed by atoms with van der Waals surface area (Å²) in [6.45, 7) is 8.86. The van der Waals surface area contributed by atoms with Gasteiger partial charge in [-0.15, -0.1) is 0 Å². The van der Waals surface area contributed by atoms with Gasteiger partial charge in [0.2, 0.25) is 0 Å². The molecule has 0 amide bonds. The lowest BCUT2D eigenvalue weighted by atomic mass is 10.0. The molecule has 0 saturated carbocycles. The van der Waals surface area contributed by atoms with Gasteiger partial charge < -0.3 is 15.1 Å². The Balaban J connectivity index is 2.00. The highest BCUT2D eigenvalue weighted by Gasteiger charge is 2.19. The maximum Gasteiger partial charge on any atom is 0.0371 e. The molecule has 1 aromatic rings. The minimum absolute atomic E-state index is 0.563. The molecule has 0 aromatic heterocycles. The second kappa shape index (κ2) is 6.40. The van der Waals surface area contributed by atoms with Crippen LogP contribution < -0.4 is 10.2 Å². The van der Waals surface area contributed by atoms with E-state index in [1.807, 2.05) is 0 Å². The molecule has 1 unspecified atom stereocenters. The maximum absolute atomic E-state index is 3.60. The molecular weight excluding hydrogens is 234 g/mol. The fourth-order valence-electron chi connectivity index (χ4n) is 2.69. The molecule has 3 heteroatoms. The predicted octanol–water partition coefficient (Wildman–Crippen LogP) is 2.15. The van der Waals surface area contributed by atoms with E-state index in [9.17, 15) is 0 Å². The number of piperazine rings is 1. The highest BCUT2D eigenvalue weighted by atomic mass is 15.2. The van der Waals surface area contributed by atoms with E-state index >= 15 is 0 Å². The standard InChI is InChI=1S/C16H27N3/c1-13(2)14-5-7-16(8-6-14)19-10-9-17-15(12-19)11-18(3)4/h5-8,13,15,17H,9-12H2,1-4H3. The summed E-state index contributed by atoms with van der Waals surface area (Å²) in [5.74, 6) is 0.610. The Kier molecular flexibility index (Phi) is 4.83. The van der Waals surface area contributed by atoms with Crippen LogP contribution in [0.4, 0.5) is 5.69 Å². The molecular formula is C16H27N3. The van der Waals surface area contributed by atoms with Crippen LogP contribution in [0.3, 0.4) is 0 Å². The third kappa shape index (κ3) is 3.95. The number of likely N-dealkylation sites (N-methyl/N-ethyl adjacent to an activating group) is 1. The van der Waals surface area contributed by atoms with E-state index in [1.165, 1.54) is 11.3 Å². The lowest BCUT2D eigenvalue weighted by Gasteiger charge is -2.36. The number of benzene rings is 1. The van der Waals surface area contributed by atoms with E-state index in [0.29, 0.717) is 12.0 Å². The Morgan fingerprint density at radius 1 is 1.26 bits per heavy atom. The number of nitrogens with one attached hydrogen (secondary N) is 1. The van der Waals surface area contributed by atoms with E-state index in [1.54, 1.807) is 0 Å². The van der Waals surface area contributed by atoms with Crippen LogP contribution in [0.1, 0.15) is 25.3 Å². The van der Waals surface area contributed by atoms with Gasteiger partial charge in [-0.1, -0.05) is 26.0 Å². The quantitative estimate of drug-likeness (QED) is 0.896. The molecule has 1 atom stereocenters. The third-order valence-corrected chi connectivity index (χ3v) is 3.77. The van der Waals surface area contributed by atoms with Gasteiger partial charge in [0.05, 0.1) is 0 Å². The fraction of sp³-hybridized carbons (Fsp3) is 0.625. The predicted molar refractivity (Wildman–Crippen MR) is 83.1 cm³/mol. The molecule has 0 aliphatic carbocycles. The summed E-state index contributed by atoms with van der Waals surface area (Å²) in [7, 11) is 4.27. The molecule has 2 rings (SSSR count). The van der Waals surface area contributed by atoms with Crippen molar-refractivity contribution in [1.82, 2.24) is 10.2 Å². The van der Waals surface area contributed by atoms with Crippen LogP contribution in [0.25, 0.3) is 0 Å². The normalized spacial score (nSPS) is 20.3. The molecule has 1 saturated heterocycles. The molecule has 106 valence electrons. The SMILES string of the molecule is CC(C)c1ccc(N2CCNC(CN(C)C)C2)cc1. The van der Waals surface area contributed by atoms with Gasteiger partial charge in [0.25, 0.3) is 0 Å². The van der Waals surface area contributed by atoms with Crippen molar-refractivity contribution >= 4 is 5.69 Å². The molecule has 1 aliphatic rings. The van der Waals surface area contributed by atoms with Crippen molar-refractivity contribution in [3.8, 4) is 0 Å². The van der Waals surface area contributed by atoms with Crippen molar-refractivity contribution in [2.75, 3.05) is 45.2 Å². The van der Waals surface area contributed by atoms with E-state index in [2.05, 4.69) is 67.3 Å². The monoisotopic (exact) mass is 261 g/mol. The summed E-state index contributed by atoms with van der Waals surface area (Å²) < 4.78 is 0. The largest absolute Gasteiger partial charge is 0.369 e. The summed E-state index contributed by atoms with van der Waals surface area (Å²) in [4.78, 5) is 4.75. The van der Waals surface area contributed by atoms with E-state index in [4.69, 9.17) is 0 Å². The van der Waals surface area contributed by atoms with Gasteiger partial charge in [-0.2, -0.15) is 0 Å². The molecule has 1 aromatic carbocycles. The zero-order chi connectivity index (χ0) is 13.8. The summed E-state index contributed by atoms with van der Waals surface area (Å²) in [5.41, 5.74) is 2.78. The Morgan fingerprint density at radius 2 is 1.95 bits per heavy atom. The highest BCUT2D eigenvalue weighted by Crippen LogP contribution is 2.21. The van der Waals surface area contributed by atoms with E-state index in [-0.39, 0.29) is 0 Å². The van der Waals surface area contributed by atoms with Crippen LogP contribution in [0.15, 0.2) is 24.3 Å². The van der Waals surface area contributed by atoms with Crippen LogP contribution in [0.5, 0.6) is 0 Å².